The molecule has 4 heteroatoms. The number of allylic oxidation sites excluding steroid dienone is 2. The summed E-state index contributed by atoms with van der Waals surface area (Å²) in [4.78, 5) is 0. The first-order chi connectivity index (χ1) is 5.06. The minimum absolute atomic E-state index is 0.372. The van der Waals surface area contributed by atoms with Gasteiger partial charge in [0.25, 0.3) is 0 Å². The fraction of sp³-hybridized carbons (Fsp3) is 0.429. The topological polar surface area (TPSA) is 17.1 Å². The molecule has 64 valence electrons. The highest BCUT2D eigenvalue weighted by atomic mass is 35.5. The largest absolute Gasteiger partial charge is 0.320 e. The van der Waals surface area contributed by atoms with Gasteiger partial charge in [-0.2, -0.15) is 0 Å². The third-order valence-electron chi connectivity index (χ3n) is 1.23. The molecule has 0 aromatic heterocycles. The van der Waals surface area contributed by atoms with Crippen LogP contribution in [0.3, 0.4) is 0 Å². The van der Waals surface area contributed by atoms with Crippen LogP contribution < -0.4 is 0 Å². The third-order valence-corrected chi connectivity index (χ3v) is 5.83. The average Bonchev–Trinajstić information content (AvgIpc) is 1.88. The predicted molar refractivity (Wildman–Crippen MR) is 53.2 cm³/mol. The van der Waals surface area contributed by atoms with Crippen LogP contribution in [0.25, 0.3) is 0 Å². The second-order valence-electron chi connectivity index (χ2n) is 2.17. The highest BCUT2D eigenvalue weighted by Gasteiger charge is 2.26. The van der Waals surface area contributed by atoms with E-state index in [1.54, 1.807) is 12.2 Å². The molecule has 0 aromatic carbocycles. The molecule has 0 heterocycles. The molecule has 0 rings (SSSR count). The van der Waals surface area contributed by atoms with E-state index in [0.717, 1.165) is 0 Å². The van der Waals surface area contributed by atoms with Gasteiger partial charge in [-0.05, 0) is 0 Å². The summed E-state index contributed by atoms with van der Waals surface area (Å²) in [6.45, 7) is 6.97. The van der Waals surface area contributed by atoms with E-state index in [4.69, 9.17) is 23.2 Å². The van der Waals surface area contributed by atoms with Gasteiger partial charge in [0, 0.05) is 12.3 Å². The molecule has 0 radical (unpaired) electrons. The van der Waals surface area contributed by atoms with Crippen molar-refractivity contribution in [3.63, 3.8) is 0 Å². The monoisotopic (exact) mass is 212 g/mol. The van der Waals surface area contributed by atoms with Crippen molar-refractivity contribution in [3.05, 3.63) is 25.3 Å². The maximum atomic E-state index is 11.7. The summed E-state index contributed by atoms with van der Waals surface area (Å²) in [5.41, 5.74) is 0. The molecule has 0 unspecified atom stereocenters. The molecule has 11 heavy (non-hydrogen) atoms. The molecule has 0 spiro atoms. The molecule has 0 N–H and O–H groups in total. The molecule has 0 aliphatic carbocycles. The summed E-state index contributed by atoms with van der Waals surface area (Å²) in [6.07, 6.45) is 3.89. The Morgan fingerprint density at radius 1 is 1.27 bits per heavy atom. The van der Waals surface area contributed by atoms with Crippen LogP contribution in [-0.4, -0.2) is 16.9 Å². The maximum Gasteiger partial charge on any atom is 0.160 e. The van der Waals surface area contributed by atoms with Crippen molar-refractivity contribution in [2.45, 2.75) is 4.58 Å². The standard InChI is InChI=1S/C7H11Cl2OP/c1-3-5-11(10,6-4-2)7(8)9/h3-4,7H,1-2,5-6H2. The molecule has 0 saturated heterocycles. The van der Waals surface area contributed by atoms with Crippen molar-refractivity contribution in [3.8, 4) is 0 Å². The fourth-order valence-corrected chi connectivity index (χ4v) is 2.97. The highest BCUT2D eigenvalue weighted by molar-refractivity contribution is 7.68. The Hall–Kier alpha value is 0.290. The molecular formula is C7H11Cl2OP. The molecular weight excluding hydrogens is 202 g/mol. The van der Waals surface area contributed by atoms with E-state index < -0.39 is 11.7 Å². The normalized spacial score (nSPS) is 11.5. The zero-order chi connectivity index (χ0) is 8.91. The van der Waals surface area contributed by atoms with Crippen LogP contribution in [0.2, 0.25) is 0 Å². The van der Waals surface area contributed by atoms with E-state index in [-0.39, 0.29) is 0 Å². The Bertz CT molecular complexity index is 175. The maximum absolute atomic E-state index is 11.7. The van der Waals surface area contributed by atoms with Crippen LogP contribution in [0.15, 0.2) is 25.3 Å². The molecule has 0 fully saturated rings. The number of rotatable bonds is 5. The van der Waals surface area contributed by atoms with Crippen LogP contribution in [0.1, 0.15) is 0 Å². The SMILES string of the molecule is C=CCP(=O)(CC=C)C(Cl)Cl. The first-order valence-electron chi connectivity index (χ1n) is 3.14. The summed E-state index contributed by atoms with van der Waals surface area (Å²) in [5.74, 6) is 0. The van der Waals surface area contributed by atoms with Crippen LogP contribution in [0.4, 0.5) is 0 Å². The first kappa shape index (κ1) is 11.3. The molecule has 0 aliphatic rings. The molecule has 0 amide bonds. The van der Waals surface area contributed by atoms with Crippen LogP contribution in [0, 0.1) is 0 Å². The van der Waals surface area contributed by atoms with E-state index in [1.807, 2.05) is 0 Å². The van der Waals surface area contributed by atoms with Gasteiger partial charge in [0.15, 0.2) is 4.58 Å². The lowest BCUT2D eigenvalue weighted by atomic mass is 10.8. The lowest BCUT2D eigenvalue weighted by Gasteiger charge is -2.14. The van der Waals surface area contributed by atoms with Gasteiger partial charge in [0.2, 0.25) is 0 Å². The Morgan fingerprint density at radius 3 is 1.82 bits per heavy atom. The van der Waals surface area contributed by atoms with E-state index >= 15 is 0 Å². The van der Waals surface area contributed by atoms with Gasteiger partial charge >= 0.3 is 0 Å². The quantitative estimate of drug-likeness (QED) is 0.388. The van der Waals surface area contributed by atoms with Gasteiger partial charge in [0.1, 0.15) is 7.14 Å². The lowest BCUT2D eigenvalue weighted by Crippen LogP contribution is -1.98. The van der Waals surface area contributed by atoms with Gasteiger partial charge in [-0.25, -0.2) is 0 Å². The van der Waals surface area contributed by atoms with E-state index in [2.05, 4.69) is 13.2 Å². The number of hydrogen-bond acceptors (Lipinski definition) is 1. The Labute approximate surface area is 77.4 Å². The van der Waals surface area contributed by atoms with Gasteiger partial charge in [-0.3, -0.25) is 0 Å². The highest BCUT2D eigenvalue weighted by Crippen LogP contribution is 2.54. The van der Waals surface area contributed by atoms with Gasteiger partial charge in [0.05, 0.1) is 0 Å². The van der Waals surface area contributed by atoms with Crippen LogP contribution >= 0.6 is 30.3 Å². The van der Waals surface area contributed by atoms with Crippen molar-refractivity contribution >= 4 is 30.3 Å². The zero-order valence-electron chi connectivity index (χ0n) is 6.17. The molecule has 0 aliphatic heterocycles. The smallest absolute Gasteiger partial charge is 0.160 e. The molecule has 0 aromatic rings. The third kappa shape index (κ3) is 3.46. The van der Waals surface area contributed by atoms with Gasteiger partial charge < -0.3 is 4.57 Å². The number of halogens is 2. The summed E-state index contributed by atoms with van der Waals surface area (Å²) in [5, 5.41) is 0. The predicted octanol–water partition coefficient (Wildman–Crippen LogP) is 3.48. The molecule has 0 atom stereocenters. The molecule has 1 nitrogen and oxygen atoms in total. The molecule has 0 bridgehead atoms. The van der Waals surface area contributed by atoms with Crippen molar-refractivity contribution in [1.29, 1.82) is 0 Å². The summed E-state index contributed by atoms with van der Waals surface area (Å²) in [7, 11) is -2.50. The second kappa shape index (κ2) is 5.03. The number of alkyl halides is 2. The first-order valence-corrected chi connectivity index (χ1v) is 6.16. The molecule has 0 saturated carbocycles. The average molecular weight is 213 g/mol. The van der Waals surface area contributed by atoms with Crippen molar-refractivity contribution in [1.82, 2.24) is 0 Å². The van der Waals surface area contributed by atoms with E-state index in [0.29, 0.717) is 12.3 Å². The van der Waals surface area contributed by atoms with E-state index in [9.17, 15) is 4.57 Å². The summed E-state index contributed by atoms with van der Waals surface area (Å²) < 4.78 is 10.9. The minimum atomic E-state index is -2.50. The van der Waals surface area contributed by atoms with Gasteiger partial charge in [-0.1, -0.05) is 35.4 Å². The second-order valence-corrected chi connectivity index (χ2v) is 7.03. The number of hydrogen-bond donors (Lipinski definition) is 0. The lowest BCUT2D eigenvalue weighted by molar-refractivity contribution is 0.580. The summed E-state index contributed by atoms with van der Waals surface area (Å²) >= 11 is 11.1. The van der Waals surface area contributed by atoms with Gasteiger partial charge in [-0.15, -0.1) is 13.2 Å². The Kier molecular flexibility index (Phi) is 5.16. The Balaban J connectivity index is 4.37. The van der Waals surface area contributed by atoms with Crippen molar-refractivity contribution < 1.29 is 4.57 Å². The minimum Gasteiger partial charge on any atom is -0.320 e. The van der Waals surface area contributed by atoms with E-state index in [1.165, 1.54) is 0 Å². The van der Waals surface area contributed by atoms with Crippen LogP contribution in [0.5, 0.6) is 0 Å². The fourth-order valence-electron chi connectivity index (χ4n) is 0.671. The summed E-state index contributed by atoms with van der Waals surface area (Å²) in [6, 6.07) is 0. The Morgan fingerprint density at radius 2 is 1.64 bits per heavy atom. The van der Waals surface area contributed by atoms with Crippen LogP contribution in [-0.2, 0) is 4.57 Å². The zero-order valence-corrected chi connectivity index (χ0v) is 8.58. The van der Waals surface area contributed by atoms with Crippen molar-refractivity contribution in [2.75, 3.05) is 12.3 Å². The van der Waals surface area contributed by atoms with Crippen molar-refractivity contribution in [2.24, 2.45) is 0 Å².